The Bertz CT molecular complexity index is 527. The molecule has 0 amide bonds. The molecule has 0 fully saturated rings. The molecule has 0 unspecified atom stereocenters. The summed E-state index contributed by atoms with van der Waals surface area (Å²) in [5.41, 5.74) is 1.64. The van der Waals surface area contributed by atoms with Crippen molar-refractivity contribution in [2.45, 2.75) is 25.7 Å². The number of aromatic nitrogens is 2. The zero-order chi connectivity index (χ0) is 13.2. The Morgan fingerprint density at radius 1 is 1.33 bits per heavy atom. The van der Waals surface area contributed by atoms with Gasteiger partial charge in [0.05, 0.1) is 6.42 Å². The van der Waals surface area contributed by atoms with Crippen molar-refractivity contribution >= 4 is 5.97 Å². The van der Waals surface area contributed by atoms with E-state index in [2.05, 4.69) is 9.97 Å². The van der Waals surface area contributed by atoms with Gasteiger partial charge in [-0.3, -0.25) is 4.79 Å². The summed E-state index contributed by atoms with van der Waals surface area (Å²) in [6, 6.07) is 7.83. The molecule has 0 aliphatic carbocycles. The van der Waals surface area contributed by atoms with E-state index in [1.54, 1.807) is 12.4 Å². The maximum Gasteiger partial charge on any atom is 0.304 e. The van der Waals surface area contributed by atoms with Gasteiger partial charge in [-0.15, -0.1) is 0 Å². The normalized spacial score (nSPS) is 11.4. The molecule has 0 aliphatic heterocycles. The fraction of sp³-hybridized carbons (Fsp3) is 0.286. The third kappa shape index (κ3) is 2.59. The Hall–Kier alpha value is -2.10. The summed E-state index contributed by atoms with van der Waals surface area (Å²) >= 11 is 0. The van der Waals surface area contributed by atoms with Gasteiger partial charge in [-0.1, -0.05) is 38.1 Å². The van der Waals surface area contributed by atoms with E-state index in [0.29, 0.717) is 0 Å². The van der Waals surface area contributed by atoms with Crippen LogP contribution in [-0.4, -0.2) is 21.0 Å². The van der Waals surface area contributed by atoms with Gasteiger partial charge in [0.25, 0.3) is 0 Å². The number of hydrogen-bond acceptors (Lipinski definition) is 2. The molecule has 18 heavy (non-hydrogen) atoms. The third-order valence-corrected chi connectivity index (χ3v) is 3.03. The number of aliphatic carboxylic acids is 1. The monoisotopic (exact) mass is 244 g/mol. The lowest BCUT2D eigenvalue weighted by molar-refractivity contribution is -0.138. The van der Waals surface area contributed by atoms with Crippen molar-refractivity contribution in [3.05, 3.63) is 42.2 Å². The number of nitrogens with one attached hydrogen (secondary N) is 1. The van der Waals surface area contributed by atoms with Crippen LogP contribution in [0.2, 0.25) is 0 Å². The number of aromatic amines is 1. The number of carbonyl (C=O) groups is 1. The first-order valence-corrected chi connectivity index (χ1v) is 5.81. The van der Waals surface area contributed by atoms with E-state index in [-0.39, 0.29) is 11.8 Å². The SMILES string of the molecule is CC(C)(CC(=O)O)c1ccc(-c2ncc[nH]2)cc1. The number of carboxylic acid groups (broad SMARTS) is 1. The van der Waals surface area contributed by atoms with E-state index in [1.165, 1.54) is 0 Å². The second-order valence-corrected chi connectivity index (χ2v) is 4.97. The Morgan fingerprint density at radius 3 is 2.50 bits per heavy atom. The van der Waals surface area contributed by atoms with Gasteiger partial charge in [-0.2, -0.15) is 0 Å². The molecule has 0 spiro atoms. The summed E-state index contributed by atoms with van der Waals surface area (Å²) in [5, 5.41) is 8.90. The molecule has 0 saturated heterocycles. The highest BCUT2D eigenvalue weighted by Crippen LogP contribution is 2.28. The maximum atomic E-state index is 10.8. The summed E-state index contributed by atoms with van der Waals surface area (Å²) in [4.78, 5) is 18.0. The highest BCUT2D eigenvalue weighted by atomic mass is 16.4. The van der Waals surface area contributed by atoms with E-state index in [4.69, 9.17) is 5.11 Å². The van der Waals surface area contributed by atoms with Crippen LogP contribution in [0.5, 0.6) is 0 Å². The molecule has 0 saturated carbocycles. The van der Waals surface area contributed by atoms with Gasteiger partial charge in [0.2, 0.25) is 0 Å². The lowest BCUT2D eigenvalue weighted by atomic mass is 9.81. The van der Waals surface area contributed by atoms with Crippen LogP contribution < -0.4 is 0 Å². The average molecular weight is 244 g/mol. The number of carboxylic acids is 1. The molecule has 4 nitrogen and oxygen atoms in total. The van der Waals surface area contributed by atoms with Gasteiger partial charge in [0.15, 0.2) is 0 Å². The minimum Gasteiger partial charge on any atom is -0.481 e. The topological polar surface area (TPSA) is 66.0 Å². The standard InChI is InChI=1S/C14H16N2O2/c1-14(2,9-12(17)18)11-5-3-10(4-6-11)13-15-7-8-16-13/h3-8H,9H2,1-2H3,(H,15,16)(H,17,18). The first-order chi connectivity index (χ1) is 8.49. The van der Waals surface area contributed by atoms with Crippen LogP contribution in [0.15, 0.2) is 36.7 Å². The molecule has 2 N–H and O–H groups in total. The predicted molar refractivity (Wildman–Crippen MR) is 69.3 cm³/mol. The molecule has 1 heterocycles. The zero-order valence-corrected chi connectivity index (χ0v) is 10.5. The molecule has 4 heteroatoms. The van der Waals surface area contributed by atoms with Crippen molar-refractivity contribution in [1.82, 2.24) is 9.97 Å². The van der Waals surface area contributed by atoms with Crippen molar-refractivity contribution in [1.29, 1.82) is 0 Å². The smallest absolute Gasteiger partial charge is 0.304 e. The molecule has 0 atom stereocenters. The van der Waals surface area contributed by atoms with Gasteiger partial charge in [-0.25, -0.2) is 4.98 Å². The van der Waals surface area contributed by atoms with Crippen LogP contribution in [0.4, 0.5) is 0 Å². The van der Waals surface area contributed by atoms with Crippen LogP contribution >= 0.6 is 0 Å². The molecule has 94 valence electrons. The maximum absolute atomic E-state index is 10.8. The number of hydrogen-bond donors (Lipinski definition) is 2. The van der Waals surface area contributed by atoms with Crippen molar-refractivity contribution in [3.8, 4) is 11.4 Å². The molecular formula is C14H16N2O2. The van der Waals surface area contributed by atoms with E-state index in [9.17, 15) is 4.79 Å². The van der Waals surface area contributed by atoms with Crippen LogP contribution in [0.25, 0.3) is 11.4 Å². The van der Waals surface area contributed by atoms with Gasteiger partial charge >= 0.3 is 5.97 Å². The van der Waals surface area contributed by atoms with Gasteiger partial charge in [0, 0.05) is 23.4 Å². The summed E-state index contributed by atoms with van der Waals surface area (Å²) in [5.74, 6) is 0.0349. The summed E-state index contributed by atoms with van der Waals surface area (Å²) in [6.07, 6.45) is 3.60. The summed E-state index contributed by atoms with van der Waals surface area (Å²) < 4.78 is 0. The predicted octanol–water partition coefficient (Wildman–Crippen LogP) is 2.83. The van der Waals surface area contributed by atoms with Crippen molar-refractivity contribution in [2.24, 2.45) is 0 Å². The van der Waals surface area contributed by atoms with Gasteiger partial charge < -0.3 is 10.1 Å². The zero-order valence-electron chi connectivity index (χ0n) is 10.5. The number of H-pyrrole nitrogens is 1. The first-order valence-electron chi connectivity index (χ1n) is 5.81. The second kappa shape index (κ2) is 4.64. The van der Waals surface area contributed by atoms with Crippen LogP contribution in [0, 0.1) is 0 Å². The van der Waals surface area contributed by atoms with E-state index < -0.39 is 5.97 Å². The van der Waals surface area contributed by atoms with E-state index in [1.807, 2.05) is 38.1 Å². The Balaban J connectivity index is 2.25. The molecule has 0 radical (unpaired) electrons. The summed E-state index contributed by atoms with van der Waals surface area (Å²) in [6.45, 7) is 3.87. The lowest BCUT2D eigenvalue weighted by Gasteiger charge is -2.23. The van der Waals surface area contributed by atoms with Crippen LogP contribution in [0.3, 0.4) is 0 Å². The summed E-state index contributed by atoms with van der Waals surface area (Å²) in [7, 11) is 0. The molecule has 2 rings (SSSR count). The van der Waals surface area contributed by atoms with Gasteiger partial charge in [0.1, 0.15) is 5.82 Å². The van der Waals surface area contributed by atoms with Crippen molar-refractivity contribution in [2.75, 3.05) is 0 Å². The number of benzene rings is 1. The Kier molecular flexibility index (Phi) is 3.19. The van der Waals surface area contributed by atoms with Gasteiger partial charge in [-0.05, 0) is 5.56 Å². The molecule has 0 aliphatic rings. The largest absolute Gasteiger partial charge is 0.481 e. The minimum atomic E-state index is -0.782. The van der Waals surface area contributed by atoms with Crippen molar-refractivity contribution < 1.29 is 9.90 Å². The highest BCUT2D eigenvalue weighted by Gasteiger charge is 2.23. The second-order valence-electron chi connectivity index (χ2n) is 4.97. The fourth-order valence-electron chi connectivity index (χ4n) is 1.98. The van der Waals surface area contributed by atoms with Crippen molar-refractivity contribution in [3.63, 3.8) is 0 Å². The quantitative estimate of drug-likeness (QED) is 0.869. The van der Waals surface area contributed by atoms with Crippen LogP contribution in [-0.2, 0) is 10.2 Å². The van der Waals surface area contributed by atoms with E-state index >= 15 is 0 Å². The molecule has 2 aromatic rings. The third-order valence-electron chi connectivity index (χ3n) is 3.03. The molecule has 0 bridgehead atoms. The molecular weight excluding hydrogens is 228 g/mol. The molecule has 1 aromatic carbocycles. The lowest BCUT2D eigenvalue weighted by Crippen LogP contribution is -2.21. The number of nitrogens with zero attached hydrogens (tertiary/aromatic N) is 1. The Morgan fingerprint density at radius 2 is 2.00 bits per heavy atom. The fourth-order valence-corrected chi connectivity index (χ4v) is 1.98. The Labute approximate surface area is 106 Å². The average Bonchev–Trinajstić information content (AvgIpc) is 2.81. The number of rotatable bonds is 4. The van der Waals surface area contributed by atoms with E-state index in [0.717, 1.165) is 17.0 Å². The molecule has 1 aromatic heterocycles. The highest BCUT2D eigenvalue weighted by molar-refractivity contribution is 5.69. The first kappa shape index (κ1) is 12.4. The minimum absolute atomic E-state index is 0.118. The number of imidazole rings is 1. The van der Waals surface area contributed by atoms with Crippen LogP contribution in [0.1, 0.15) is 25.8 Å².